The number of amides is 1. The maximum absolute atomic E-state index is 11.6. The summed E-state index contributed by atoms with van der Waals surface area (Å²) in [5.41, 5.74) is 1.29. The number of carbonyl (C=O) groups excluding carboxylic acids is 1. The smallest absolute Gasteiger partial charge is 0.262 e. The van der Waals surface area contributed by atoms with Crippen molar-refractivity contribution >= 4 is 11.6 Å². The molecular formula is C24H29N5O5. The zero-order valence-electron chi connectivity index (χ0n) is 19.4. The van der Waals surface area contributed by atoms with E-state index in [1.165, 1.54) is 6.07 Å². The molecule has 180 valence electrons. The van der Waals surface area contributed by atoms with Crippen molar-refractivity contribution < 1.29 is 24.5 Å². The van der Waals surface area contributed by atoms with E-state index in [1.54, 1.807) is 24.2 Å². The van der Waals surface area contributed by atoms with Crippen molar-refractivity contribution in [2.45, 2.75) is 38.5 Å². The average Bonchev–Trinajstić information content (AvgIpc) is 3.31. The number of phenolic OH excluding ortho intramolecular Hbond substituents is 1. The number of anilines is 1. The van der Waals surface area contributed by atoms with Crippen molar-refractivity contribution in [2.75, 3.05) is 25.6 Å². The molecule has 10 nitrogen and oxygen atoms in total. The molecule has 1 aliphatic heterocycles. The third-order valence-electron chi connectivity index (χ3n) is 5.76. The number of aliphatic hydroxyl groups is 1. The van der Waals surface area contributed by atoms with Crippen LogP contribution in [-0.4, -0.2) is 56.7 Å². The first kappa shape index (κ1) is 23.5. The first-order valence-corrected chi connectivity index (χ1v) is 11.0. The van der Waals surface area contributed by atoms with Gasteiger partial charge in [-0.25, -0.2) is 4.98 Å². The largest absolute Gasteiger partial charge is 0.506 e. The molecule has 0 bridgehead atoms. The number of carbonyl (C=O) groups is 1. The van der Waals surface area contributed by atoms with Gasteiger partial charge in [-0.3, -0.25) is 9.48 Å². The minimum atomic E-state index is -0.892. The number of hydrogen-bond acceptors (Lipinski definition) is 8. The van der Waals surface area contributed by atoms with E-state index in [1.807, 2.05) is 38.1 Å². The van der Waals surface area contributed by atoms with Gasteiger partial charge in [0.05, 0.1) is 13.2 Å². The number of fused-ring (bicyclic) bond motifs is 1. The highest BCUT2D eigenvalue weighted by Gasteiger charge is 2.27. The van der Waals surface area contributed by atoms with E-state index in [-0.39, 0.29) is 36.0 Å². The van der Waals surface area contributed by atoms with E-state index < -0.39 is 6.10 Å². The molecular weight excluding hydrogens is 438 g/mol. The summed E-state index contributed by atoms with van der Waals surface area (Å²) in [4.78, 5) is 16.0. The molecule has 1 aromatic heterocycles. The van der Waals surface area contributed by atoms with Gasteiger partial charge in [0, 0.05) is 29.8 Å². The lowest BCUT2D eigenvalue weighted by Crippen LogP contribution is -2.42. The highest BCUT2D eigenvalue weighted by atomic mass is 16.5. The van der Waals surface area contributed by atoms with Crippen LogP contribution in [0, 0.1) is 0 Å². The number of ether oxygens (including phenoxy) is 2. The third kappa shape index (κ3) is 5.29. The quantitative estimate of drug-likeness (QED) is 0.353. The molecule has 2 aromatic carbocycles. The number of aromatic nitrogens is 3. The number of nitrogens with one attached hydrogen (secondary N) is 2. The third-order valence-corrected chi connectivity index (χ3v) is 5.76. The summed E-state index contributed by atoms with van der Waals surface area (Å²) in [6.45, 7) is 4.83. The fraction of sp³-hybridized carbons (Fsp3) is 0.375. The molecule has 4 rings (SSSR count). The van der Waals surface area contributed by atoms with Crippen LogP contribution in [0.3, 0.4) is 0 Å². The highest BCUT2D eigenvalue weighted by molar-refractivity contribution is 5.97. The number of aliphatic hydroxyl groups excluding tert-OH is 1. The zero-order chi connectivity index (χ0) is 24.3. The highest BCUT2D eigenvalue weighted by Crippen LogP contribution is 2.41. The molecule has 0 aliphatic carbocycles. The van der Waals surface area contributed by atoms with Gasteiger partial charge in [0.15, 0.2) is 18.2 Å². The van der Waals surface area contributed by atoms with Crippen LogP contribution in [0.4, 0.5) is 5.69 Å². The Morgan fingerprint density at radius 2 is 2.03 bits per heavy atom. The Morgan fingerprint density at radius 3 is 2.76 bits per heavy atom. The Kier molecular flexibility index (Phi) is 6.71. The monoisotopic (exact) mass is 467 g/mol. The van der Waals surface area contributed by atoms with Crippen LogP contribution >= 0.6 is 0 Å². The Bertz CT molecular complexity index is 1160. The second kappa shape index (κ2) is 9.70. The molecule has 0 spiro atoms. The zero-order valence-corrected chi connectivity index (χ0v) is 19.4. The number of hydrogen-bond donors (Lipinski definition) is 4. The number of aryl methyl sites for hydroxylation is 1. The Balaban J connectivity index is 1.34. The molecule has 0 saturated carbocycles. The summed E-state index contributed by atoms with van der Waals surface area (Å²) >= 11 is 0. The van der Waals surface area contributed by atoms with Crippen LogP contribution < -0.4 is 20.1 Å². The molecule has 0 fully saturated rings. The van der Waals surface area contributed by atoms with Gasteiger partial charge in [0.25, 0.3) is 5.91 Å². The molecule has 34 heavy (non-hydrogen) atoms. The number of phenols is 1. The Hall–Kier alpha value is -3.63. The second-order valence-corrected chi connectivity index (χ2v) is 8.81. The predicted octanol–water partition coefficient (Wildman–Crippen LogP) is 2.48. The van der Waals surface area contributed by atoms with Gasteiger partial charge >= 0.3 is 0 Å². The number of nitrogens with zero attached hydrogens (tertiary/aromatic N) is 3. The van der Waals surface area contributed by atoms with Crippen molar-refractivity contribution in [2.24, 2.45) is 0 Å². The van der Waals surface area contributed by atoms with Crippen molar-refractivity contribution in [3.63, 3.8) is 0 Å². The van der Waals surface area contributed by atoms with E-state index >= 15 is 0 Å². The first-order valence-electron chi connectivity index (χ1n) is 11.0. The Morgan fingerprint density at radius 1 is 1.26 bits per heavy atom. The molecule has 2 heterocycles. The molecule has 0 unspecified atom stereocenters. The number of rotatable bonds is 9. The van der Waals surface area contributed by atoms with Gasteiger partial charge in [0.2, 0.25) is 0 Å². The topological polar surface area (TPSA) is 131 Å². The molecule has 10 heteroatoms. The molecule has 1 amide bonds. The van der Waals surface area contributed by atoms with Crippen LogP contribution in [0.1, 0.15) is 31.9 Å². The van der Waals surface area contributed by atoms with Crippen LogP contribution in [0.5, 0.6) is 17.2 Å². The van der Waals surface area contributed by atoms with Crippen LogP contribution in [-0.2, 0) is 11.3 Å². The normalized spacial score (nSPS) is 14.2. The maximum atomic E-state index is 11.6. The average molecular weight is 468 g/mol. The molecule has 1 atom stereocenters. The van der Waals surface area contributed by atoms with E-state index in [4.69, 9.17) is 9.47 Å². The van der Waals surface area contributed by atoms with Gasteiger partial charge in [-0.05, 0) is 56.7 Å². The maximum Gasteiger partial charge on any atom is 0.262 e. The summed E-state index contributed by atoms with van der Waals surface area (Å²) in [6, 6.07) is 10.6. The molecule has 0 radical (unpaired) electrons. The van der Waals surface area contributed by atoms with Crippen molar-refractivity contribution in [3.8, 4) is 28.6 Å². The van der Waals surface area contributed by atoms with Gasteiger partial charge in [-0.15, -0.1) is 0 Å². The number of β-amino-alcohol motifs (C(OH)–C–C–N with tert-alkyl or cyclic N) is 1. The summed E-state index contributed by atoms with van der Waals surface area (Å²) in [7, 11) is 1.63. The van der Waals surface area contributed by atoms with Gasteiger partial charge in [-0.1, -0.05) is 0 Å². The number of aromatic hydroxyl groups is 1. The lowest BCUT2D eigenvalue weighted by molar-refractivity contribution is -0.118. The van der Waals surface area contributed by atoms with E-state index in [2.05, 4.69) is 20.7 Å². The first-order chi connectivity index (χ1) is 16.3. The van der Waals surface area contributed by atoms with E-state index in [0.29, 0.717) is 23.7 Å². The standard InChI is InChI=1S/C24H29N5O5/c1-24(2,10-11-29-14-25-23(28-29)15-4-6-16(33-3)7-5-15)26-12-19(31)17-8-9-18(30)21-22(17)34-13-20(32)27-21/h4-9,14,19,26,30-31H,10-13H2,1-3H3,(H,27,32)/t19-/m1/s1. The van der Waals surface area contributed by atoms with Crippen molar-refractivity contribution in [1.82, 2.24) is 20.1 Å². The van der Waals surface area contributed by atoms with Crippen LogP contribution in [0.2, 0.25) is 0 Å². The van der Waals surface area contributed by atoms with Crippen molar-refractivity contribution in [1.29, 1.82) is 0 Å². The van der Waals surface area contributed by atoms with Crippen molar-refractivity contribution in [3.05, 3.63) is 48.3 Å². The minimum absolute atomic E-state index is 0.103. The van der Waals surface area contributed by atoms with E-state index in [0.717, 1.165) is 17.7 Å². The van der Waals surface area contributed by atoms with Gasteiger partial charge in [-0.2, -0.15) is 5.10 Å². The molecule has 3 aromatic rings. The number of benzene rings is 2. The summed E-state index contributed by atoms with van der Waals surface area (Å²) in [5.74, 6) is 1.27. The Labute approximate surface area is 197 Å². The predicted molar refractivity (Wildman–Crippen MR) is 126 cm³/mol. The lowest BCUT2D eigenvalue weighted by Gasteiger charge is -2.29. The van der Waals surface area contributed by atoms with Crippen LogP contribution in [0.15, 0.2) is 42.7 Å². The van der Waals surface area contributed by atoms with Gasteiger partial charge in [0.1, 0.15) is 23.5 Å². The summed E-state index contributed by atoms with van der Waals surface area (Å²) in [6.07, 6.45) is 1.56. The van der Waals surface area contributed by atoms with E-state index in [9.17, 15) is 15.0 Å². The van der Waals surface area contributed by atoms with Crippen LogP contribution in [0.25, 0.3) is 11.4 Å². The molecule has 1 aliphatic rings. The number of methoxy groups -OCH3 is 1. The SMILES string of the molecule is COc1ccc(-c2ncn(CCC(C)(C)NC[C@@H](O)c3ccc(O)c4c3OCC(=O)N4)n2)cc1. The minimum Gasteiger partial charge on any atom is -0.506 e. The fourth-order valence-electron chi connectivity index (χ4n) is 3.68. The summed E-state index contributed by atoms with van der Waals surface area (Å²) in [5, 5.41) is 31.3. The fourth-order valence-corrected chi connectivity index (χ4v) is 3.68. The van der Waals surface area contributed by atoms with Gasteiger partial charge < -0.3 is 30.3 Å². The summed E-state index contributed by atoms with van der Waals surface area (Å²) < 4.78 is 12.5. The molecule has 0 saturated heterocycles. The molecule has 4 N–H and O–H groups in total. The second-order valence-electron chi connectivity index (χ2n) is 8.81. The lowest BCUT2D eigenvalue weighted by atomic mass is 9.99.